The van der Waals surface area contributed by atoms with Gasteiger partial charge in [0.15, 0.2) is 0 Å². The summed E-state index contributed by atoms with van der Waals surface area (Å²) in [6.45, 7) is 0.894. The lowest BCUT2D eigenvalue weighted by molar-refractivity contribution is -0.140. The summed E-state index contributed by atoms with van der Waals surface area (Å²) < 4.78 is 23.8. The number of carbonyl (C=O) groups excluding carboxylic acids is 1. The Morgan fingerprint density at radius 2 is 1.68 bits per heavy atom. The lowest BCUT2D eigenvalue weighted by atomic mass is 9.69. The van der Waals surface area contributed by atoms with Crippen molar-refractivity contribution in [2.75, 3.05) is 13.7 Å². The molecular weight excluding hydrogens is 319 g/mol. The summed E-state index contributed by atoms with van der Waals surface area (Å²) in [6, 6.07) is 5.81. The summed E-state index contributed by atoms with van der Waals surface area (Å²) in [5.74, 6) is 1.99. The quantitative estimate of drug-likeness (QED) is 0.555. The molecule has 2 fully saturated rings. The number of rotatable bonds is 5. The van der Waals surface area contributed by atoms with E-state index in [4.69, 9.17) is 9.47 Å². The van der Waals surface area contributed by atoms with E-state index in [-0.39, 0.29) is 17.7 Å². The zero-order valence-corrected chi connectivity index (χ0v) is 15.1. The zero-order valence-electron chi connectivity index (χ0n) is 15.1. The van der Waals surface area contributed by atoms with Gasteiger partial charge in [-0.2, -0.15) is 0 Å². The van der Waals surface area contributed by atoms with Gasteiger partial charge in [-0.15, -0.1) is 0 Å². The molecule has 0 spiro atoms. The molecule has 0 atom stereocenters. The number of halogens is 1. The fourth-order valence-electron chi connectivity index (χ4n) is 4.62. The lowest BCUT2D eigenvalue weighted by Gasteiger charge is -2.37. The predicted octanol–water partition coefficient (Wildman–Crippen LogP) is 4.99. The first-order chi connectivity index (χ1) is 12.2. The van der Waals surface area contributed by atoms with E-state index in [0.717, 1.165) is 50.0 Å². The number of esters is 1. The van der Waals surface area contributed by atoms with Crippen LogP contribution < -0.4 is 4.74 Å². The van der Waals surface area contributed by atoms with Gasteiger partial charge in [0.2, 0.25) is 0 Å². The second-order valence-electron chi connectivity index (χ2n) is 7.73. The molecule has 3 nitrogen and oxygen atoms in total. The second-order valence-corrected chi connectivity index (χ2v) is 7.73. The van der Waals surface area contributed by atoms with Gasteiger partial charge in [-0.05, 0) is 81.3 Å². The molecular formula is C21H29FO3. The van der Waals surface area contributed by atoms with Crippen LogP contribution in [0.1, 0.15) is 51.4 Å². The summed E-state index contributed by atoms with van der Waals surface area (Å²) in [5.41, 5.74) is 0. The maximum absolute atomic E-state index is 13.2. The molecule has 0 aliphatic heterocycles. The highest BCUT2D eigenvalue weighted by molar-refractivity contribution is 5.75. The Kier molecular flexibility index (Phi) is 6.46. The highest BCUT2D eigenvalue weighted by atomic mass is 19.1. The maximum Gasteiger partial charge on any atom is 0.314 e. The summed E-state index contributed by atoms with van der Waals surface area (Å²) in [4.78, 5) is 12.3. The van der Waals surface area contributed by atoms with Gasteiger partial charge in [0.1, 0.15) is 11.6 Å². The molecule has 0 heterocycles. The molecule has 0 N–H and O–H groups in total. The van der Waals surface area contributed by atoms with Crippen LogP contribution in [0.15, 0.2) is 24.3 Å². The minimum Gasteiger partial charge on any atom is -0.426 e. The molecule has 0 saturated heterocycles. The van der Waals surface area contributed by atoms with Crippen molar-refractivity contribution in [3.63, 3.8) is 0 Å². The number of hydrogen-bond acceptors (Lipinski definition) is 3. The number of methoxy groups -OCH3 is 1. The number of carbonyl (C=O) groups is 1. The third-order valence-corrected chi connectivity index (χ3v) is 6.08. The summed E-state index contributed by atoms with van der Waals surface area (Å²) >= 11 is 0. The molecule has 25 heavy (non-hydrogen) atoms. The number of hydrogen-bond donors (Lipinski definition) is 0. The highest BCUT2D eigenvalue weighted by Gasteiger charge is 2.33. The molecule has 0 unspecified atom stereocenters. The molecule has 2 aliphatic rings. The predicted molar refractivity (Wildman–Crippen MR) is 94.8 cm³/mol. The monoisotopic (exact) mass is 348 g/mol. The van der Waals surface area contributed by atoms with Gasteiger partial charge < -0.3 is 9.47 Å². The van der Waals surface area contributed by atoms with Gasteiger partial charge in [-0.25, -0.2) is 4.39 Å². The van der Waals surface area contributed by atoms with Gasteiger partial charge in [-0.1, -0.05) is 6.07 Å². The Hall–Kier alpha value is -1.42. The van der Waals surface area contributed by atoms with Crippen molar-refractivity contribution in [3.8, 4) is 5.75 Å². The Labute approximate surface area is 149 Å². The molecule has 0 amide bonds. The van der Waals surface area contributed by atoms with Crippen LogP contribution >= 0.6 is 0 Å². The second kappa shape index (κ2) is 8.79. The van der Waals surface area contributed by atoms with E-state index in [1.165, 1.54) is 37.8 Å². The van der Waals surface area contributed by atoms with E-state index in [2.05, 4.69) is 0 Å². The van der Waals surface area contributed by atoms with Crippen molar-refractivity contribution in [1.29, 1.82) is 0 Å². The standard InChI is InChI=1S/C21H29FO3/c1-24-14-15-5-7-16(8-6-15)17-9-11-18(12-10-17)21(23)25-20-4-2-3-19(22)13-20/h2-4,13,15-18H,5-12,14H2,1H3/t15-,16-,17?,18?. The Morgan fingerprint density at radius 1 is 1.04 bits per heavy atom. The van der Waals surface area contributed by atoms with E-state index in [9.17, 15) is 9.18 Å². The van der Waals surface area contributed by atoms with E-state index >= 15 is 0 Å². The number of ether oxygens (including phenoxy) is 2. The fraction of sp³-hybridized carbons (Fsp3) is 0.667. The average Bonchev–Trinajstić information content (AvgIpc) is 2.63. The summed E-state index contributed by atoms with van der Waals surface area (Å²) in [6.07, 6.45) is 9.19. The molecule has 1 aromatic carbocycles. The average molecular weight is 348 g/mol. The van der Waals surface area contributed by atoms with Crippen LogP contribution in [0.5, 0.6) is 5.75 Å². The molecule has 0 aromatic heterocycles. The van der Waals surface area contributed by atoms with Crippen molar-refractivity contribution in [1.82, 2.24) is 0 Å². The molecule has 4 heteroatoms. The third kappa shape index (κ3) is 5.04. The number of benzene rings is 1. The van der Waals surface area contributed by atoms with Gasteiger partial charge >= 0.3 is 5.97 Å². The normalized spacial score (nSPS) is 30.0. The Morgan fingerprint density at radius 3 is 2.28 bits per heavy atom. The van der Waals surface area contributed by atoms with Gasteiger partial charge in [0.05, 0.1) is 5.92 Å². The third-order valence-electron chi connectivity index (χ3n) is 6.08. The highest BCUT2D eigenvalue weighted by Crippen LogP contribution is 2.41. The minimum absolute atomic E-state index is 0.0376. The largest absolute Gasteiger partial charge is 0.426 e. The van der Waals surface area contributed by atoms with E-state index < -0.39 is 0 Å². The molecule has 2 aliphatic carbocycles. The van der Waals surface area contributed by atoms with Crippen molar-refractivity contribution >= 4 is 5.97 Å². The van der Waals surface area contributed by atoms with Crippen LogP contribution in [0.2, 0.25) is 0 Å². The van der Waals surface area contributed by atoms with Gasteiger partial charge in [-0.3, -0.25) is 4.79 Å². The van der Waals surface area contributed by atoms with Crippen LogP contribution in [0, 0.1) is 29.5 Å². The lowest BCUT2D eigenvalue weighted by Crippen LogP contribution is -2.30. The Bertz CT molecular complexity index is 558. The molecule has 0 radical (unpaired) electrons. The fourth-order valence-corrected chi connectivity index (χ4v) is 4.62. The molecule has 2 saturated carbocycles. The first kappa shape index (κ1) is 18.4. The maximum atomic E-state index is 13.2. The first-order valence-corrected chi connectivity index (χ1v) is 9.62. The van der Waals surface area contributed by atoms with E-state index in [0.29, 0.717) is 5.75 Å². The summed E-state index contributed by atoms with van der Waals surface area (Å²) in [5, 5.41) is 0. The Balaban J connectivity index is 1.43. The molecule has 1 aromatic rings. The topological polar surface area (TPSA) is 35.5 Å². The zero-order chi connectivity index (χ0) is 17.6. The molecule has 0 bridgehead atoms. The smallest absolute Gasteiger partial charge is 0.314 e. The van der Waals surface area contributed by atoms with Crippen molar-refractivity contribution in [2.24, 2.45) is 23.7 Å². The summed E-state index contributed by atoms with van der Waals surface area (Å²) in [7, 11) is 1.79. The first-order valence-electron chi connectivity index (χ1n) is 9.62. The van der Waals surface area contributed by atoms with Crippen LogP contribution in [0.3, 0.4) is 0 Å². The molecule has 3 rings (SSSR count). The van der Waals surface area contributed by atoms with Crippen LogP contribution in [0.25, 0.3) is 0 Å². The minimum atomic E-state index is -0.377. The SMILES string of the molecule is COC[C@H]1CC[C@H](C2CCC(C(=O)Oc3cccc(F)c3)CC2)CC1. The van der Waals surface area contributed by atoms with E-state index in [1.807, 2.05) is 0 Å². The van der Waals surface area contributed by atoms with Gasteiger partial charge in [0.25, 0.3) is 0 Å². The van der Waals surface area contributed by atoms with Crippen molar-refractivity contribution in [2.45, 2.75) is 51.4 Å². The van der Waals surface area contributed by atoms with Crippen LogP contribution in [-0.4, -0.2) is 19.7 Å². The van der Waals surface area contributed by atoms with E-state index in [1.54, 1.807) is 19.2 Å². The van der Waals surface area contributed by atoms with Crippen molar-refractivity contribution in [3.05, 3.63) is 30.1 Å². The van der Waals surface area contributed by atoms with Crippen molar-refractivity contribution < 1.29 is 18.7 Å². The molecule has 138 valence electrons. The van der Waals surface area contributed by atoms with Gasteiger partial charge in [0, 0.05) is 19.8 Å². The van der Waals surface area contributed by atoms with Crippen LogP contribution in [0.4, 0.5) is 4.39 Å². The van der Waals surface area contributed by atoms with Crippen LogP contribution in [-0.2, 0) is 9.53 Å².